The minimum absolute atomic E-state index is 0.0689. The summed E-state index contributed by atoms with van der Waals surface area (Å²) in [7, 11) is 0. The molecule has 10 aromatic carbocycles. The number of nitrogens with zero attached hydrogens (tertiary/aromatic N) is 2. The molecule has 10 aromatic rings. The summed E-state index contributed by atoms with van der Waals surface area (Å²) >= 11 is 0. The monoisotopic (exact) mass is 862 g/mol. The van der Waals surface area contributed by atoms with E-state index in [2.05, 4.69) is 270 Å². The molecule has 12 rings (SSSR count). The van der Waals surface area contributed by atoms with Gasteiger partial charge in [0.15, 0.2) is 0 Å². The Balaban J connectivity index is 1.07. The van der Waals surface area contributed by atoms with Crippen LogP contribution in [0.1, 0.15) is 74.9 Å². The lowest BCUT2D eigenvalue weighted by atomic mass is 9.69. The number of fused-ring (bicyclic) bond motifs is 13. The summed E-state index contributed by atoms with van der Waals surface area (Å²) in [6.07, 6.45) is 0. The number of hydrogen-bond donors (Lipinski definition) is 0. The average Bonchev–Trinajstić information content (AvgIpc) is 3.80. The third-order valence-electron chi connectivity index (χ3n) is 14.5. The maximum atomic E-state index is 2.53. The molecule has 0 saturated carbocycles. The largest absolute Gasteiger partial charge is 0.310 e. The average molecular weight is 863 g/mol. The summed E-state index contributed by atoms with van der Waals surface area (Å²) in [5.74, 6) is 0. The van der Waals surface area contributed by atoms with Gasteiger partial charge in [-0.05, 0) is 173 Å². The summed E-state index contributed by atoms with van der Waals surface area (Å²) < 4.78 is 0. The number of benzene rings is 10. The van der Waals surface area contributed by atoms with E-state index in [9.17, 15) is 0 Å². The molecule has 0 radical (unpaired) electrons. The fourth-order valence-corrected chi connectivity index (χ4v) is 11.2. The predicted octanol–water partition coefficient (Wildman–Crippen LogP) is 17.9. The number of hydrogen-bond acceptors (Lipinski definition) is 2. The van der Waals surface area contributed by atoms with Gasteiger partial charge in [0.25, 0.3) is 0 Å². The van der Waals surface area contributed by atoms with Gasteiger partial charge in [-0.2, -0.15) is 0 Å². The number of para-hydroxylation sites is 2. The molecule has 2 aliphatic carbocycles. The van der Waals surface area contributed by atoms with Crippen molar-refractivity contribution in [1.82, 2.24) is 0 Å². The molecular formula is C65H54N2. The van der Waals surface area contributed by atoms with E-state index in [-0.39, 0.29) is 10.8 Å². The molecule has 67 heavy (non-hydrogen) atoms. The van der Waals surface area contributed by atoms with Gasteiger partial charge in [-0.15, -0.1) is 0 Å². The fraction of sp³-hybridized carbons (Fsp3) is 0.138. The van der Waals surface area contributed by atoms with E-state index in [0.717, 1.165) is 34.1 Å². The van der Waals surface area contributed by atoms with Crippen molar-refractivity contribution < 1.29 is 0 Å². The highest BCUT2D eigenvalue weighted by Crippen LogP contribution is 2.64. The van der Waals surface area contributed by atoms with Crippen LogP contribution in [0.2, 0.25) is 0 Å². The Labute approximate surface area is 395 Å². The molecule has 0 unspecified atom stereocenters. The van der Waals surface area contributed by atoms with Crippen LogP contribution in [0.4, 0.5) is 34.1 Å². The maximum Gasteiger partial charge on any atom is 0.0731 e. The standard InChI is InChI=1S/C65H54N2/c1-63(2,3)46-27-32-50(33-28-46)66(48-17-9-7-10-18-48)52-31-25-43-41-58-57-37-26-44-39-53(67(49-19-11-8-12-20-49)51-34-29-47(30-35-51)64(4,5)6)36-38-54(44)62(57)65(61(58)42-45(43)40-52)59-23-15-13-21-55(59)56-22-14-16-24-60(56)65/h7-42H,1-6H3. The second-order valence-electron chi connectivity index (χ2n) is 20.6. The first-order valence-corrected chi connectivity index (χ1v) is 23.8. The van der Waals surface area contributed by atoms with E-state index in [1.807, 2.05) is 0 Å². The van der Waals surface area contributed by atoms with E-state index in [1.54, 1.807) is 0 Å². The predicted molar refractivity (Wildman–Crippen MR) is 285 cm³/mol. The lowest BCUT2D eigenvalue weighted by Crippen LogP contribution is -2.26. The number of rotatable bonds is 6. The van der Waals surface area contributed by atoms with Gasteiger partial charge < -0.3 is 9.80 Å². The van der Waals surface area contributed by atoms with E-state index >= 15 is 0 Å². The van der Waals surface area contributed by atoms with Gasteiger partial charge in [-0.1, -0.05) is 175 Å². The molecule has 0 bridgehead atoms. The minimum Gasteiger partial charge on any atom is -0.310 e. The highest BCUT2D eigenvalue weighted by Gasteiger charge is 2.52. The van der Waals surface area contributed by atoms with Gasteiger partial charge in [-0.25, -0.2) is 0 Å². The van der Waals surface area contributed by atoms with Crippen LogP contribution in [0, 0.1) is 0 Å². The Morgan fingerprint density at radius 1 is 0.299 bits per heavy atom. The Kier molecular flexibility index (Phi) is 9.25. The van der Waals surface area contributed by atoms with E-state index in [4.69, 9.17) is 0 Å². The van der Waals surface area contributed by atoms with Gasteiger partial charge in [-0.3, -0.25) is 0 Å². The molecule has 2 heteroatoms. The maximum absolute atomic E-state index is 2.53. The molecule has 2 nitrogen and oxygen atoms in total. The van der Waals surface area contributed by atoms with Gasteiger partial charge in [0, 0.05) is 34.1 Å². The highest BCUT2D eigenvalue weighted by atomic mass is 15.1. The van der Waals surface area contributed by atoms with Crippen LogP contribution in [0.5, 0.6) is 0 Å². The second-order valence-corrected chi connectivity index (χ2v) is 20.6. The summed E-state index contributed by atoms with van der Waals surface area (Å²) in [4.78, 5) is 4.79. The summed E-state index contributed by atoms with van der Waals surface area (Å²) in [6, 6.07) is 82.0. The van der Waals surface area contributed by atoms with Crippen molar-refractivity contribution in [1.29, 1.82) is 0 Å². The van der Waals surface area contributed by atoms with Crippen LogP contribution in [0.3, 0.4) is 0 Å². The fourth-order valence-electron chi connectivity index (χ4n) is 11.2. The van der Waals surface area contributed by atoms with E-state index < -0.39 is 5.41 Å². The zero-order chi connectivity index (χ0) is 45.7. The third kappa shape index (κ3) is 6.45. The second kappa shape index (κ2) is 15.2. The SMILES string of the molecule is CC(C)(C)c1ccc(N(c2ccccc2)c2ccc3cc4c(cc3c2)C2(c3ccccc3-c3ccccc32)c2c-4ccc3cc(N(c4ccccc4)c4ccc(C(C)(C)C)cc4)ccc23)cc1. The molecule has 0 fully saturated rings. The summed E-state index contributed by atoms with van der Waals surface area (Å²) in [5.41, 5.74) is 19.7. The lowest BCUT2D eigenvalue weighted by molar-refractivity contribution is 0.590. The Morgan fingerprint density at radius 3 is 1.25 bits per heavy atom. The van der Waals surface area contributed by atoms with Crippen molar-refractivity contribution in [3.63, 3.8) is 0 Å². The van der Waals surface area contributed by atoms with Crippen LogP contribution < -0.4 is 9.80 Å². The van der Waals surface area contributed by atoms with E-state index in [0.29, 0.717) is 0 Å². The summed E-state index contributed by atoms with van der Waals surface area (Å²) in [6.45, 7) is 13.7. The van der Waals surface area contributed by atoms with Gasteiger partial charge in [0.05, 0.1) is 5.41 Å². The van der Waals surface area contributed by atoms with Gasteiger partial charge in [0.1, 0.15) is 0 Å². The number of anilines is 6. The van der Waals surface area contributed by atoms with Crippen molar-refractivity contribution in [2.45, 2.75) is 57.8 Å². The first-order chi connectivity index (χ1) is 32.5. The van der Waals surface area contributed by atoms with Crippen molar-refractivity contribution in [2.24, 2.45) is 0 Å². The zero-order valence-corrected chi connectivity index (χ0v) is 39.2. The first kappa shape index (κ1) is 40.8. The first-order valence-electron chi connectivity index (χ1n) is 23.8. The normalized spacial score (nSPS) is 13.3. The zero-order valence-electron chi connectivity index (χ0n) is 39.2. The van der Waals surface area contributed by atoms with Crippen molar-refractivity contribution in [2.75, 3.05) is 9.80 Å². The van der Waals surface area contributed by atoms with Crippen molar-refractivity contribution >= 4 is 55.7 Å². The topological polar surface area (TPSA) is 6.48 Å². The minimum atomic E-state index is -0.521. The molecule has 0 N–H and O–H groups in total. The molecule has 0 aliphatic heterocycles. The molecule has 2 aliphatic rings. The van der Waals surface area contributed by atoms with Crippen LogP contribution in [0.25, 0.3) is 43.8 Å². The van der Waals surface area contributed by atoms with Crippen LogP contribution >= 0.6 is 0 Å². The van der Waals surface area contributed by atoms with Crippen LogP contribution in [0.15, 0.2) is 218 Å². The molecule has 0 amide bonds. The van der Waals surface area contributed by atoms with Crippen molar-refractivity contribution in [3.05, 3.63) is 252 Å². The Hall–Kier alpha value is -7.68. The van der Waals surface area contributed by atoms with Crippen molar-refractivity contribution in [3.8, 4) is 22.3 Å². The Bertz CT molecular complexity index is 3470. The molecular weight excluding hydrogens is 809 g/mol. The summed E-state index contributed by atoms with van der Waals surface area (Å²) in [5, 5.41) is 4.95. The van der Waals surface area contributed by atoms with Gasteiger partial charge >= 0.3 is 0 Å². The molecule has 0 aromatic heterocycles. The lowest BCUT2D eigenvalue weighted by Gasteiger charge is -2.32. The van der Waals surface area contributed by atoms with Gasteiger partial charge in [0.2, 0.25) is 0 Å². The van der Waals surface area contributed by atoms with E-state index in [1.165, 1.54) is 77.2 Å². The quantitative estimate of drug-likeness (QED) is 0.164. The molecule has 324 valence electrons. The van der Waals surface area contributed by atoms with Crippen LogP contribution in [-0.4, -0.2) is 0 Å². The molecule has 0 atom stereocenters. The highest BCUT2D eigenvalue weighted by molar-refractivity contribution is 6.07. The Morgan fingerprint density at radius 2 is 0.731 bits per heavy atom. The third-order valence-corrected chi connectivity index (χ3v) is 14.5. The van der Waals surface area contributed by atoms with Crippen LogP contribution in [-0.2, 0) is 16.2 Å². The molecule has 0 saturated heterocycles. The molecule has 0 heterocycles. The smallest absolute Gasteiger partial charge is 0.0731 e. The molecule has 1 spiro atoms.